The zero-order valence-electron chi connectivity index (χ0n) is 10.6. The molecule has 1 unspecified atom stereocenters. The van der Waals surface area contributed by atoms with Crippen molar-refractivity contribution in [1.82, 2.24) is 5.32 Å². The summed E-state index contributed by atoms with van der Waals surface area (Å²) in [5.41, 5.74) is -0.440. The fourth-order valence-electron chi connectivity index (χ4n) is 1.90. The van der Waals surface area contributed by atoms with Crippen molar-refractivity contribution in [3.8, 4) is 0 Å². The number of ether oxygens (including phenoxy) is 1. The molecule has 1 aromatic rings. The van der Waals surface area contributed by atoms with Crippen LogP contribution in [0.3, 0.4) is 0 Å². The quantitative estimate of drug-likeness (QED) is 0.636. The highest BCUT2D eigenvalue weighted by molar-refractivity contribution is 5.91. The molecule has 7 nitrogen and oxygen atoms in total. The first kappa shape index (κ1) is 14.4. The molecule has 8 heteroatoms. The van der Waals surface area contributed by atoms with Crippen LogP contribution >= 0.6 is 0 Å². The number of benzene rings is 1. The van der Waals surface area contributed by atoms with E-state index in [1.807, 2.05) is 0 Å². The molecular formula is C12H14FN3O4. The molecule has 108 valence electrons. The van der Waals surface area contributed by atoms with Gasteiger partial charge in [-0.05, 0) is 6.07 Å². The van der Waals surface area contributed by atoms with E-state index in [1.54, 1.807) is 0 Å². The summed E-state index contributed by atoms with van der Waals surface area (Å²) in [5.74, 6) is -1.31. The van der Waals surface area contributed by atoms with Gasteiger partial charge >= 0.3 is 5.69 Å². The number of anilines is 1. The number of hydrogen-bond acceptors (Lipinski definition) is 5. The molecule has 1 fully saturated rings. The van der Waals surface area contributed by atoms with Crippen molar-refractivity contribution in [2.24, 2.45) is 0 Å². The van der Waals surface area contributed by atoms with Gasteiger partial charge in [-0.25, -0.2) is 0 Å². The number of rotatable bonds is 4. The molecular weight excluding hydrogens is 269 g/mol. The van der Waals surface area contributed by atoms with E-state index in [2.05, 4.69) is 10.6 Å². The number of nitrogens with zero attached hydrogens (tertiary/aromatic N) is 1. The molecule has 1 heterocycles. The molecule has 1 atom stereocenters. The summed E-state index contributed by atoms with van der Waals surface area (Å²) in [4.78, 5) is 21.4. The second kappa shape index (κ2) is 6.40. The summed E-state index contributed by atoms with van der Waals surface area (Å²) in [6.07, 6.45) is -0.0716. The van der Waals surface area contributed by atoms with Crippen LogP contribution in [0.2, 0.25) is 0 Å². The minimum atomic E-state index is -0.983. The van der Waals surface area contributed by atoms with E-state index in [9.17, 15) is 19.3 Å². The molecule has 1 aliphatic heterocycles. The normalized spacial score (nSPS) is 18.6. The average molecular weight is 283 g/mol. The van der Waals surface area contributed by atoms with Crippen molar-refractivity contribution < 1.29 is 18.8 Å². The van der Waals surface area contributed by atoms with Gasteiger partial charge in [0.1, 0.15) is 0 Å². The Labute approximate surface area is 114 Å². The highest BCUT2D eigenvalue weighted by Gasteiger charge is 2.18. The van der Waals surface area contributed by atoms with Crippen LogP contribution in [0, 0.1) is 15.9 Å². The summed E-state index contributed by atoms with van der Waals surface area (Å²) in [6.45, 7) is 1.89. The molecule has 0 bridgehead atoms. The minimum Gasteiger partial charge on any atom is -0.375 e. The summed E-state index contributed by atoms with van der Waals surface area (Å²) < 4.78 is 18.8. The first-order valence-electron chi connectivity index (χ1n) is 6.12. The zero-order valence-corrected chi connectivity index (χ0v) is 10.6. The van der Waals surface area contributed by atoms with E-state index in [0.29, 0.717) is 13.2 Å². The van der Waals surface area contributed by atoms with Crippen molar-refractivity contribution in [1.29, 1.82) is 0 Å². The van der Waals surface area contributed by atoms with E-state index in [4.69, 9.17) is 4.74 Å². The van der Waals surface area contributed by atoms with E-state index >= 15 is 0 Å². The first-order valence-corrected chi connectivity index (χ1v) is 6.12. The Balaban J connectivity index is 1.93. The minimum absolute atomic E-state index is 0.144. The van der Waals surface area contributed by atoms with E-state index in [-0.39, 0.29) is 24.1 Å². The summed E-state index contributed by atoms with van der Waals surface area (Å²) in [6, 6.07) is 3.23. The van der Waals surface area contributed by atoms with E-state index in [1.165, 1.54) is 6.07 Å². The number of nitro benzene ring substituents is 1. The highest BCUT2D eigenvalue weighted by Crippen LogP contribution is 2.21. The number of morpholine rings is 1. The van der Waals surface area contributed by atoms with Gasteiger partial charge in [-0.2, -0.15) is 4.39 Å². The number of carbonyl (C=O) groups excluding carboxylic acids is 1. The van der Waals surface area contributed by atoms with Gasteiger partial charge in [0.05, 0.1) is 24.1 Å². The maximum Gasteiger partial charge on any atom is 0.304 e. The Morgan fingerprint density at radius 2 is 2.40 bits per heavy atom. The Morgan fingerprint density at radius 3 is 3.00 bits per heavy atom. The summed E-state index contributed by atoms with van der Waals surface area (Å²) >= 11 is 0. The van der Waals surface area contributed by atoms with Crippen molar-refractivity contribution in [2.45, 2.75) is 12.5 Å². The van der Waals surface area contributed by atoms with Crippen molar-refractivity contribution >= 4 is 17.3 Å². The Morgan fingerprint density at radius 1 is 1.60 bits per heavy atom. The van der Waals surface area contributed by atoms with Crippen LogP contribution in [0.25, 0.3) is 0 Å². The van der Waals surface area contributed by atoms with Gasteiger partial charge in [0, 0.05) is 30.9 Å². The van der Waals surface area contributed by atoms with Gasteiger partial charge in [0.15, 0.2) is 0 Å². The lowest BCUT2D eigenvalue weighted by Crippen LogP contribution is -2.40. The first-order chi connectivity index (χ1) is 9.56. The van der Waals surface area contributed by atoms with Crippen molar-refractivity contribution in [3.05, 3.63) is 34.1 Å². The van der Waals surface area contributed by atoms with Gasteiger partial charge < -0.3 is 15.4 Å². The molecule has 0 radical (unpaired) electrons. The van der Waals surface area contributed by atoms with Crippen LogP contribution < -0.4 is 10.6 Å². The lowest BCUT2D eigenvalue weighted by molar-refractivity contribution is -0.387. The Kier molecular flexibility index (Phi) is 4.59. The topological polar surface area (TPSA) is 93.5 Å². The molecule has 1 amide bonds. The smallest absolute Gasteiger partial charge is 0.304 e. The third-order valence-corrected chi connectivity index (χ3v) is 2.85. The fourth-order valence-corrected chi connectivity index (χ4v) is 1.90. The van der Waals surface area contributed by atoms with Crippen LogP contribution in [0.15, 0.2) is 18.2 Å². The van der Waals surface area contributed by atoms with Crippen LogP contribution in [-0.2, 0) is 9.53 Å². The lowest BCUT2D eigenvalue weighted by Gasteiger charge is -2.23. The van der Waals surface area contributed by atoms with Gasteiger partial charge in [0.25, 0.3) is 0 Å². The lowest BCUT2D eigenvalue weighted by atomic mass is 10.2. The number of amides is 1. The number of halogens is 1. The third-order valence-electron chi connectivity index (χ3n) is 2.85. The number of hydrogen-bond donors (Lipinski definition) is 2. The second-order valence-corrected chi connectivity index (χ2v) is 4.37. The number of nitro groups is 1. The molecule has 20 heavy (non-hydrogen) atoms. The molecule has 1 aromatic carbocycles. The van der Waals surface area contributed by atoms with E-state index < -0.39 is 16.4 Å². The van der Waals surface area contributed by atoms with Crippen molar-refractivity contribution in [3.63, 3.8) is 0 Å². The largest absolute Gasteiger partial charge is 0.375 e. The molecule has 0 saturated carbocycles. The Hall–Kier alpha value is -2.06. The third kappa shape index (κ3) is 3.72. The van der Waals surface area contributed by atoms with Gasteiger partial charge in [-0.15, -0.1) is 0 Å². The van der Waals surface area contributed by atoms with Crippen molar-refractivity contribution in [2.75, 3.05) is 25.0 Å². The Bertz CT molecular complexity index is 517. The predicted molar refractivity (Wildman–Crippen MR) is 68.9 cm³/mol. The summed E-state index contributed by atoms with van der Waals surface area (Å²) in [5, 5.41) is 16.1. The maximum atomic E-state index is 13.4. The number of nitrogens with one attached hydrogen (secondary N) is 2. The van der Waals surface area contributed by atoms with Gasteiger partial charge in [0.2, 0.25) is 11.7 Å². The maximum absolute atomic E-state index is 13.4. The van der Waals surface area contributed by atoms with Crippen LogP contribution in [0.1, 0.15) is 6.42 Å². The van der Waals surface area contributed by atoms with Crippen LogP contribution in [0.4, 0.5) is 15.8 Å². The van der Waals surface area contributed by atoms with Crippen LogP contribution in [0.5, 0.6) is 0 Å². The predicted octanol–water partition coefficient (Wildman–Crippen LogP) is 1.05. The average Bonchev–Trinajstić information content (AvgIpc) is 2.39. The zero-order chi connectivity index (χ0) is 14.5. The molecule has 2 rings (SSSR count). The second-order valence-electron chi connectivity index (χ2n) is 4.37. The molecule has 0 aromatic heterocycles. The van der Waals surface area contributed by atoms with Gasteiger partial charge in [-0.3, -0.25) is 14.9 Å². The van der Waals surface area contributed by atoms with E-state index in [0.717, 1.165) is 18.7 Å². The highest BCUT2D eigenvalue weighted by atomic mass is 19.1. The SMILES string of the molecule is O=C(CC1CNCCO1)Nc1ccc([N+](=O)[O-])c(F)c1. The monoisotopic (exact) mass is 283 g/mol. The van der Waals surface area contributed by atoms with Crippen LogP contribution in [-0.4, -0.2) is 36.6 Å². The summed E-state index contributed by atoms with van der Waals surface area (Å²) in [7, 11) is 0. The fraction of sp³-hybridized carbons (Fsp3) is 0.417. The molecule has 1 saturated heterocycles. The molecule has 0 spiro atoms. The van der Waals surface area contributed by atoms with Gasteiger partial charge in [-0.1, -0.05) is 0 Å². The molecule has 2 N–H and O–H groups in total. The standard InChI is InChI=1S/C12H14FN3O4/c13-10-5-8(1-2-11(10)16(18)19)15-12(17)6-9-7-14-3-4-20-9/h1-2,5,9,14H,3-4,6-7H2,(H,15,17). The molecule has 1 aliphatic rings. The number of carbonyl (C=O) groups is 1. The molecule has 0 aliphatic carbocycles.